The first-order valence-corrected chi connectivity index (χ1v) is 6.54. The van der Waals surface area contributed by atoms with Crippen molar-refractivity contribution < 1.29 is 23.9 Å². The summed E-state index contributed by atoms with van der Waals surface area (Å²) in [5, 5.41) is 2.35. The Morgan fingerprint density at radius 1 is 1.04 bits per heavy atom. The lowest BCUT2D eigenvalue weighted by molar-refractivity contribution is 0.0552. The molecule has 2 rings (SSSR count). The second kappa shape index (κ2) is 6.65. The molecule has 0 bridgehead atoms. The zero-order valence-corrected chi connectivity index (χ0v) is 12.5. The predicted molar refractivity (Wildman–Crippen MR) is 82.1 cm³/mol. The number of hydrogen-bond donors (Lipinski definition) is 3. The number of H-pyrrole nitrogens is 1. The van der Waals surface area contributed by atoms with Crippen molar-refractivity contribution in [2.24, 2.45) is 5.73 Å². The van der Waals surface area contributed by atoms with Crippen LogP contribution in [0.4, 0.5) is 10.5 Å². The summed E-state index contributed by atoms with van der Waals surface area (Å²) in [4.78, 5) is 38.1. The lowest BCUT2D eigenvalue weighted by Gasteiger charge is -2.07. The molecule has 0 fully saturated rings. The predicted octanol–water partition coefficient (Wildman–Crippen LogP) is 1.75. The van der Waals surface area contributed by atoms with Gasteiger partial charge in [-0.2, -0.15) is 0 Å². The van der Waals surface area contributed by atoms with Crippen LogP contribution >= 0.6 is 0 Å². The van der Waals surface area contributed by atoms with E-state index in [4.69, 9.17) is 5.73 Å². The maximum absolute atomic E-state index is 12.1. The highest BCUT2D eigenvalue weighted by Gasteiger charge is 2.29. The molecule has 8 nitrogen and oxygen atoms in total. The summed E-state index contributed by atoms with van der Waals surface area (Å²) in [7, 11) is 2.33. The quantitative estimate of drug-likeness (QED) is 0.741. The van der Waals surface area contributed by atoms with Gasteiger partial charge in [0.1, 0.15) is 11.3 Å². The molecule has 0 aliphatic carbocycles. The Kier molecular flexibility index (Phi) is 4.65. The van der Waals surface area contributed by atoms with Gasteiger partial charge in [0.15, 0.2) is 0 Å². The Morgan fingerprint density at radius 3 is 2.17 bits per heavy atom. The monoisotopic (exact) mass is 317 g/mol. The SMILES string of the molecule is COC(=O)c1[nH]c(-c2ccccc2)c(NC(N)=O)c1C(=O)OC. The van der Waals surface area contributed by atoms with E-state index in [-0.39, 0.29) is 16.9 Å². The number of aromatic nitrogens is 1. The molecule has 2 amide bonds. The number of aromatic amines is 1. The largest absolute Gasteiger partial charge is 0.465 e. The van der Waals surface area contributed by atoms with Crippen LogP contribution in [0.1, 0.15) is 20.8 Å². The number of primary amides is 1. The number of rotatable bonds is 4. The van der Waals surface area contributed by atoms with Crippen LogP contribution in [0, 0.1) is 0 Å². The number of hydrogen-bond acceptors (Lipinski definition) is 5. The third-order valence-electron chi connectivity index (χ3n) is 3.09. The molecule has 2 aromatic rings. The molecule has 0 saturated carbocycles. The second-order valence-corrected chi connectivity index (χ2v) is 4.46. The number of carbonyl (C=O) groups excluding carboxylic acids is 3. The fourth-order valence-electron chi connectivity index (χ4n) is 2.13. The highest BCUT2D eigenvalue weighted by atomic mass is 16.5. The smallest absolute Gasteiger partial charge is 0.355 e. The van der Waals surface area contributed by atoms with Crippen molar-refractivity contribution in [3.63, 3.8) is 0 Å². The van der Waals surface area contributed by atoms with Crippen LogP contribution in [0.15, 0.2) is 30.3 Å². The topological polar surface area (TPSA) is 124 Å². The zero-order valence-electron chi connectivity index (χ0n) is 12.5. The molecule has 0 radical (unpaired) electrons. The average Bonchev–Trinajstić information content (AvgIpc) is 2.92. The Balaban J connectivity index is 2.75. The van der Waals surface area contributed by atoms with E-state index in [9.17, 15) is 14.4 Å². The van der Waals surface area contributed by atoms with Crippen LogP contribution in [-0.2, 0) is 9.47 Å². The maximum atomic E-state index is 12.1. The highest BCUT2D eigenvalue weighted by Crippen LogP contribution is 2.34. The van der Waals surface area contributed by atoms with Crippen LogP contribution in [0.3, 0.4) is 0 Å². The van der Waals surface area contributed by atoms with Gasteiger partial charge in [-0.3, -0.25) is 0 Å². The summed E-state index contributed by atoms with van der Waals surface area (Å²) in [5.41, 5.74) is 5.90. The van der Waals surface area contributed by atoms with Crippen molar-refractivity contribution in [2.75, 3.05) is 19.5 Å². The summed E-state index contributed by atoms with van der Waals surface area (Å²) >= 11 is 0. The van der Waals surface area contributed by atoms with Gasteiger partial charge in [0, 0.05) is 5.56 Å². The van der Waals surface area contributed by atoms with Gasteiger partial charge in [0.05, 0.1) is 25.6 Å². The van der Waals surface area contributed by atoms with Crippen molar-refractivity contribution >= 4 is 23.7 Å². The van der Waals surface area contributed by atoms with Gasteiger partial charge in [-0.05, 0) is 0 Å². The van der Waals surface area contributed by atoms with Crippen molar-refractivity contribution in [3.8, 4) is 11.3 Å². The average molecular weight is 317 g/mol. The second-order valence-electron chi connectivity index (χ2n) is 4.46. The van der Waals surface area contributed by atoms with E-state index >= 15 is 0 Å². The number of nitrogens with one attached hydrogen (secondary N) is 2. The number of methoxy groups -OCH3 is 2. The van der Waals surface area contributed by atoms with E-state index < -0.39 is 18.0 Å². The van der Waals surface area contributed by atoms with Gasteiger partial charge in [-0.1, -0.05) is 30.3 Å². The van der Waals surface area contributed by atoms with E-state index in [1.807, 2.05) is 0 Å². The summed E-state index contributed by atoms with van der Waals surface area (Å²) in [5.74, 6) is -1.59. The van der Waals surface area contributed by atoms with Gasteiger partial charge < -0.3 is 25.5 Å². The fraction of sp³-hybridized carbons (Fsp3) is 0.133. The molecule has 0 spiro atoms. The van der Waals surface area contributed by atoms with Crippen LogP contribution < -0.4 is 11.1 Å². The summed E-state index contributed by atoms with van der Waals surface area (Å²) in [6.07, 6.45) is 0. The lowest BCUT2D eigenvalue weighted by atomic mass is 10.1. The van der Waals surface area contributed by atoms with Crippen molar-refractivity contribution in [1.29, 1.82) is 0 Å². The van der Waals surface area contributed by atoms with Gasteiger partial charge >= 0.3 is 18.0 Å². The number of carbonyl (C=O) groups is 3. The van der Waals surface area contributed by atoms with Gasteiger partial charge in [0.2, 0.25) is 0 Å². The molecule has 8 heteroatoms. The summed E-state index contributed by atoms with van der Waals surface area (Å²) in [6.45, 7) is 0. The highest BCUT2D eigenvalue weighted by molar-refractivity contribution is 6.12. The molecule has 120 valence electrons. The van der Waals surface area contributed by atoms with E-state index in [0.29, 0.717) is 11.3 Å². The van der Waals surface area contributed by atoms with E-state index in [0.717, 1.165) is 7.11 Å². The minimum absolute atomic E-state index is 0.0518. The van der Waals surface area contributed by atoms with Crippen LogP contribution in [0.25, 0.3) is 11.3 Å². The first kappa shape index (κ1) is 16.1. The molecule has 0 atom stereocenters. The first-order valence-electron chi connectivity index (χ1n) is 6.54. The molecular formula is C15H15N3O5. The molecule has 1 aromatic carbocycles. The van der Waals surface area contributed by atoms with Gasteiger partial charge in [0.25, 0.3) is 0 Å². The number of amides is 2. The zero-order chi connectivity index (χ0) is 17.0. The number of benzene rings is 1. The molecular weight excluding hydrogens is 302 g/mol. The van der Waals surface area contributed by atoms with Crippen LogP contribution in [-0.4, -0.2) is 37.2 Å². The Morgan fingerprint density at radius 2 is 1.65 bits per heavy atom. The molecule has 4 N–H and O–H groups in total. The Labute approximate surface area is 131 Å². The van der Waals surface area contributed by atoms with E-state index in [2.05, 4.69) is 19.8 Å². The van der Waals surface area contributed by atoms with Crippen LogP contribution in [0.2, 0.25) is 0 Å². The molecule has 0 aliphatic rings. The Hall–Kier alpha value is -3.29. The standard InChI is InChI=1S/C15H15N3O5/c1-22-13(19)9-11(18-15(16)21)10(8-6-4-3-5-7-8)17-12(9)14(20)23-2/h3-7,17H,1-2H3,(H3,16,18,21). The number of urea groups is 1. The third kappa shape index (κ3) is 3.15. The van der Waals surface area contributed by atoms with E-state index in [1.54, 1.807) is 30.3 Å². The molecule has 0 unspecified atom stereocenters. The normalized spacial score (nSPS) is 10.0. The first-order chi connectivity index (χ1) is 11.0. The molecule has 0 saturated heterocycles. The maximum Gasteiger partial charge on any atom is 0.355 e. The lowest BCUT2D eigenvalue weighted by Crippen LogP contribution is -2.21. The third-order valence-corrected chi connectivity index (χ3v) is 3.09. The number of nitrogens with two attached hydrogens (primary N) is 1. The number of anilines is 1. The number of ether oxygens (including phenoxy) is 2. The van der Waals surface area contributed by atoms with Crippen molar-refractivity contribution in [3.05, 3.63) is 41.6 Å². The molecule has 1 aromatic heterocycles. The summed E-state index contributed by atoms with van der Waals surface area (Å²) < 4.78 is 9.34. The summed E-state index contributed by atoms with van der Waals surface area (Å²) in [6, 6.07) is 7.92. The Bertz CT molecular complexity index is 752. The van der Waals surface area contributed by atoms with Crippen molar-refractivity contribution in [1.82, 2.24) is 4.98 Å². The van der Waals surface area contributed by atoms with Gasteiger partial charge in [-0.25, -0.2) is 14.4 Å². The van der Waals surface area contributed by atoms with Gasteiger partial charge in [-0.15, -0.1) is 0 Å². The molecule has 0 aliphatic heterocycles. The van der Waals surface area contributed by atoms with Crippen molar-refractivity contribution in [2.45, 2.75) is 0 Å². The minimum Gasteiger partial charge on any atom is -0.465 e. The van der Waals surface area contributed by atoms with E-state index in [1.165, 1.54) is 7.11 Å². The number of esters is 2. The fourth-order valence-corrected chi connectivity index (χ4v) is 2.13. The van der Waals surface area contributed by atoms with Crippen LogP contribution in [0.5, 0.6) is 0 Å². The molecule has 23 heavy (non-hydrogen) atoms. The minimum atomic E-state index is -0.886. The molecule has 1 heterocycles.